The van der Waals surface area contributed by atoms with Crippen LogP contribution in [-0.2, 0) is 21.4 Å². The highest BCUT2D eigenvalue weighted by molar-refractivity contribution is 5.79. The Kier molecular flexibility index (Phi) is 6.65. The standard InChI is InChI=1S/C32H37NO4/c1-31-19-6-20-32(2,30(34)37-5)29(31)18-7-22-21-25(12-17-28(22)31)33(23-8-13-26(35-3)14-9-23)24-10-15-27(36-4)16-11-24/h8-17,21,29H,6-7,18-20H2,1-5H3/t29-,31-,32-/m1/s1. The normalized spacial score (nSPS) is 24.4. The molecule has 0 spiro atoms. The van der Waals surface area contributed by atoms with Crippen molar-refractivity contribution in [1.29, 1.82) is 0 Å². The molecule has 1 fully saturated rings. The predicted molar refractivity (Wildman–Crippen MR) is 147 cm³/mol. The largest absolute Gasteiger partial charge is 0.497 e. The van der Waals surface area contributed by atoms with Crippen molar-refractivity contribution in [2.24, 2.45) is 11.3 Å². The number of ether oxygens (including phenoxy) is 3. The van der Waals surface area contributed by atoms with Gasteiger partial charge in [-0.1, -0.05) is 19.4 Å². The number of carbonyl (C=O) groups excluding carboxylic acids is 1. The summed E-state index contributed by atoms with van der Waals surface area (Å²) in [7, 11) is 4.89. The molecule has 0 unspecified atom stereocenters. The molecule has 1 saturated carbocycles. The average Bonchev–Trinajstić information content (AvgIpc) is 2.93. The molecule has 0 radical (unpaired) electrons. The summed E-state index contributed by atoms with van der Waals surface area (Å²) in [5, 5.41) is 0. The monoisotopic (exact) mass is 499 g/mol. The van der Waals surface area contributed by atoms with Crippen molar-refractivity contribution >= 4 is 23.0 Å². The van der Waals surface area contributed by atoms with E-state index in [1.54, 1.807) is 14.2 Å². The van der Waals surface area contributed by atoms with Crippen molar-refractivity contribution in [3.63, 3.8) is 0 Å². The fraction of sp³-hybridized carbons (Fsp3) is 0.406. The number of aryl methyl sites for hydroxylation is 1. The Labute approximate surface area is 220 Å². The lowest BCUT2D eigenvalue weighted by Gasteiger charge is -2.54. The number of hydrogen-bond acceptors (Lipinski definition) is 5. The van der Waals surface area contributed by atoms with Crippen LogP contribution < -0.4 is 14.4 Å². The molecule has 0 N–H and O–H groups in total. The van der Waals surface area contributed by atoms with E-state index in [2.05, 4.69) is 61.2 Å². The van der Waals surface area contributed by atoms with Crippen LogP contribution in [0, 0.1) is 11.3 Å². The van der Waals surface area contributed by atoms with Crippen LogP contribution in [-0.4, -0.2) is 27.3 Å². The first-order chi connectivity index (χ1) is 17.8. The number of rotatable bonds is 6. The predicted octanol–water partition coefficient (Wildman–Crippen LogP) is 7.36. The number of carbonyl (C=O) groups is 1. The van der Waals surface area contributed by atoms with Gasteiger partial charge in [0.1, 0.15) is 11.5 Å². The molecule has 37 heavy (non-hydrogen) atoms. The maximum Gasteiger partial charge on any atom is 0.311 e. The molecule has 2 aliphatic carbocycles. The summed E-state index contributed by atoms with van der Waals surface area (Å²) in [5.74, 6) is 1.87. The number of methoxy groups -OCH3 is 3. The molecule has 0 bridgehead atoms. The molecule has 0 heterocycles. The lowest BCUT2D eigenvalue weighted by Crippen LogP contribution is -2.52. The second-order valence-electron chi connectivity index (χ2n) is 10.8. The van der Waals surface area contributed by atoms with Gasteiger partial charge >= 0.3 is 5.97 Å². The summed E-state index contributed by atoms with van der Waals surface area (Å²) >= 11 is 0. The fourth-order valence-corrected chi connectivity index (χ4v) is 7.00. The van der Waals surface area contributed by atoms with Crippen LogP contribution in [0.3, 0.4) is 0 Å². The summed E-state index contributed by atoms with van der Waals surface area (Å²) in [6.07, 6.45) is 4.97. The fourth-order valence-electron chi connectivity index (χ4n) is 7.00. The molecule has 3 aromatic carbocycles. The minimum absolute atomic E-state index is 0.0433. The van der Waals surface area contributed by atoms with E-state index in [0.29, 0.717) is 0 Å². The first-order valence-corrected chi connectivity index (χ1v) is 13.1. The Morgan fingerprint density at radius 1 is 0.811 bits per heavy atom. The first kappa shape index (κ1) is 25.2. The van der Waals surface area contributed by atoms with Crippen LogP contribution in [0.2, 0.25) is 0 Å². The van der Waals surface area contributed by atoms with Gasteiger partial charge in [-0.15, -0.1) is 0 Å². The zero-order valence-electron chi connectivity index (χ0n) is 22.5. The van der Waals surface area contributed by atoms with Gasteiger partial charge in [0.15, 0.2) is 0 Å². The zero-order valence-corrected chi connectivity index (χ0v) is 22.5. The summed E-state index contributed by atoms with van der Waals surface area (Å²) in [6.45, 7) is 4.48. The Balaban J connectivity index is 1.57. The maximum absolute atomic E-state index is 12.9. The highest BCUT2D eigenvalue weighted by atomic mass is 16.5. The molecule has 194 valence electrons. The lowest BCUT2D eigenvalue weighted by molar-refractivity contribution is -0.161. The Morgan fingerprint density at radius 2 is 1.38 bits per heavy atom. The molecular formula is C32H37NO4. The molecule has 5 rings (SSSR count). The zero-order chi connectivity index (χ0) is 26.2. The molecule has 0 aromatic heterocycles. The van der Waals surface area contributed by atoms with Crippen molar-refractivity contribution in [1.82, 2.24) is 0 Å². The van der Waals surface area contributed by atoms with E-state index in [9.17, 15) is 4.79 Å². The van der Waals surface area contributed by atoms with Crippen molar-refractivity contribution in [3.05, 3.63) is 77.9 Å². The van der Waals surface area contributed by atoms with Crippen LogP contribution >= 0.6 is 0 Å². The van der Waals surface area contributed by atoms with E-state index in [1.807, 2.05) is 24.3 Å². The second-order valence-corrected chi connectivity index (χ2v) is 10.8. The third-order valence-electron chi connectivity index (χ3n) is 8.91. The Morgan fingerprint density at radius 3 is 1.92 bits per heavy atom. The SMILES string of the molecule is COC(=O)[C@]1(C)CCC[C@]2(C)c3ccc(N(c4ccc(OC)cc4)c4ccc(OC)cc4)cc3CC[C@@H]12. The minimum Gasteiger partial charge on any atom is -0.497 e. The van der Waals surface area contributed by atoms with E-state index in [0.717, 1.165) is 60.7 Å². The second kappa shape index (κ2) is 9.77. The average molecular weight is 500 g/mol. The van der Waals surface area contributed by atoms with Crippen molar-refractivity contribution in [3.8, 4) is 11.5 Å². The van der Waals surface area contributed by atoms with E-state index in [1.165, 1.54) is 18.2 Å². The highest BCUT2D eigenvalue weighted by Crippen LogP contribution is 2.58. The number of benzene rings is 3. The molecule has 3 aromatic rings. The Hall–Kier alpha value is -3.47. The van der Waals surface area contributed by atoms with Gasteiger partial charge in [0, 0.05) is 17.1 Å². The number of fused-ring (bicyclic) bond motifs is 3. The quantitative estimate of drug-likeness (QED) is 0.332. The highest BCUT2D eigenvalue weighted by Gasteiger charge is 2.55. The van der Waals surface area contributed by atoms with Gasteiger partial charge in [-0.25, -0.2) is 0 Å². The van der Waals surface area contributed by atoms with Crippen molar-refractivity contribution in [2.75, 3.05) is 26.2 Å². The number of anilines is 3. The lowest BCUT2D eigenvalue weighted by atomic mass is 9.50. The number of hydrogen-bond donors (Lipinski definition) is 0. The van der Waals surface area contributed by atoms with E-state index >= 15 is 0 Å². The number of esters is 1. The van der Waals surface area contributed by atoms with Gasteiger partial charge in [0.05, 0.1) is 26.7 Å². The molecule has 3 atom stereocenters. The molecular weight excluding hydrogens is 462 g/mol. The van der Waals surface area contributed by atoms with Crippen LogP contribution in [0.5, 0.6) is 11.5 Å². The van der Waals surface area contributed by atoms with Crippen LogP contribution in [0.4, 0.5) is 17.1 Å². The Bertz CT molecular complexity index is 1220. The van der Waals surface area contributed by atoms with E-state index < -0.39 is 5.41 Å². The number of nitrogens with zero attached hydrogens (tertiary/aromatic N) is 1. The third kappa shape index (κ3) is 4.24. The van der Waals surface area contributed by atoms with Crippen molar-refractivity contribution < 1.29 is 19.0 Å². The molecule has 5 heteroatoms. The van der Waals surface area contributed by atoms with Gasteiger partial charge in [-0.05, 0) is 116 Å². The summed E-state index contributed by atoms with van der Waals surface area (Å²) in [5.41, 5.74) is 5.50. The molecule has 0 aliphatic heterocycles. The molecule has 2 aliphatic rings. The van der Waals surface area contributed by atoms with Crippen LogP contribution in [0.1, 0.15) is 50.7 Å². The van der Waals surface area contributed by atoms with Crippen LogP contribution in [0.25, 0.3) is 0 Å². The van der Waals surface area contributed by atoms with Gasteiger partial charge in [0.2, 0.25) is 0 Å². The van der Waals surface area contributed by atoms with E-state index in [4.69, 9.17) is 14.2 Å². The minimum atomic E-state index is -0.434. The first-order valence-electron chi connectivity index (χ1n) is 13.1. The summed E-state index contributed by atoms with van der Waals surface area (Å²) in [4.78, 5) is 15.2. The summed E-state index contributed by atoms with van der Waals surface area (Å²) < 4.78 is 16.1. The topological polar surface area (TPSA) is 48.0 Å². The van der Waals surface area contributed by atoms with E-state index in [-0.39, 0.29) is 17.3 Å². The molecule has 0 amide bonds. The smallest absolute Gasteiger partial charge is 0.311 e. The van der Waals surface area contributed by atoms with Crippen LogP contribution in [0.15, 0.2) is 66.7 Å². The van der Waals surface area contributed by atoms with Gasteiger partial charge < -0.3 is 19.1 Å². The third-order valence-corrected chi connectivity index (χ3v) is 8.91. The van der Waals surface area contributed by atoms with Gasteiger partial charge in [0.25, 0.3) is 0 Å². The molecule has 5 nitrogen and oxygen atoms in total. The van der Waals surface area contributed by atoms with Gasteiger partial charge in [-0.3, -0.25) is 4.79 Å². The van der Waals surface area contributed by atoms with Crippen molar-refractivity contribution in [2.45, 2.75) is 51.4 Å². The van der Waals surface area contributed by atoms with Gasteiger partial charge in [-0.2, -0.15) is 0 Å². The summed E-state index contributed by atoms with van der Waals surface area (Å²) in [6, 6.07) is 23.2. The molecule has 0 saturated heterocycles. The maximum atomic E-state index is 12.9.